The van der Waals surface area contributed by atoms with Crippen LogP contribution < -0.4 is 9.62 Å². The minimum absolute atomic E-state index is 0.0323. The van der Waals surface area contributed by atoms with Gasteiger partial charge in [-0.2, -0.15) is 0 Å². The van der Waals surface area contributed by atoms with Crippen LogP contribution in [0.15, 0.2) is 27.7 Å². The molecule has 0 saturated carbocycles. The molecular formula is C19H27N5O5S. The van der Waals surface area contributed by atoms with Crippen LogP contribution in [0, 0.1) is 13.8 Å². The van der Waals surface area contributed by atoms with Gasteiger partial charge in [0.15, 0.2) is 10.7 Å². The van der Waals surface area contributed by atoms with Gasteiger partial charge in [0.25, 0.3) is 10.0 Å². The Morgan fingerprint density at radius 1 is 1.17 bits per heavy atom. The van der Waals surface area contributed by atoms with E-state index in [1.54, 1.807) is 30.9 Å². The average molecular weight is 438 g/mol. The van der Waals surface area contributed by atoms with E-state index in [-0.39, 0.29) is 16.7 Å². The highest BCUT2D eigenvalue weighted by molar-refractivity contribution is 7.92. The third kappa shape index (κ3) is 5.02. The lowest BCUT2D eigenvalue weighted by molar-refractivity contribution is 0.0240. The Morgan fingerprint density at radius 3 is 2.33 bits per heavy atom. The number of nitrogens with one attached hydrogen (secondary N) is 1. The van der Waals surface area contributed by atoms with Gasteiger partial charge in [-0.05, 0) is 46.8 Å². The van der Waals surface area contributed by atoms with Crippen LogP contribution in [0.4, 0.5) is 16.3 Å². The molecule has 0 unspecified atom stereocenters. The molecule has 0 spiro atoms. The van der Waals surface area contributed by atoms with E-state index in [0.29, 0.717) is 43.4 Å². The molecule has 1 aliphatic rings. The normalized spacial score (nSPS) is 15.2. The fourth-order valence-corrected chi connectivity index (χ4v) is 4.52. The first-order valence-electron chi connectivity index (χ1n) is 9.61. The minimum Gasteiger partial charge on any atom is -0.444 e. The Kier molecular flexibility index (Phi) is 5.93. The molecule has 3 rings (SSSR count). The molecule has 1 N–H and O–H groups in total. The Bertz CT molecular complexity index is 983. The van der Waals surface area contributed by atoms with Crippen molar-refractivity contribution in [2.24, 2.45) is 0 Å². The number of aryl methyl sites for hydroxylation is 2. The summed E-state index contributed by atoms with van der Waals surface area (Å²) in [4.78, 5) is 20.3. The Morgan fingerprint density at radius 2 is 1.83 bits per heavy atom. The maximum atomic E-state index is 12.6. The van der Waals surface area contributed by atoms with E-state index < -0.39 is 15.6 Å². The number of hydrogen-bond donors (Lipinski definition) is 1. The topological polar surface area (TPSA) is 118 Å². The number of pyridine rings is 1. The molecule has 0 aliphatic carbocycles. The molecule has 0 atom stereocenters. The number of piperazine rings is 1. The zero-order valence-corrected chi connectivity index (χ0v) is 18.6. The number of aromatic nitrogens is 2. The molecule has 30 heavy (non-hydrogen) atoms. The Labute approximate surface area is 176 Å². The van der Waals surface area contributed by atoms with Crippen LogP contribution in [0.1, 0.15) is 32.2 Å². The average Bonchev–Trinajstić information content (AvgIpc) is 3.00. The predicted molar refractivity (Wildman–Crippen MR) is 111 cm³/mol. The fourth-order valence-electron chi connectivity index (χ4n) is 3.14. The Balaban J connectivity index is 1.61. The van der Waals surface area contributed by atoms with Gasteiger partial charge >= 0.3 is 6.09 Å². The summed E-state index contributed by atoms with van der Waals surface area (Å²) in [6.45, 7) is 10.9. The second kappa shape index (κ2) is 8.13. The van der Waals surface area contributed by atoms with Crippen molar-refractivity contribution >= 4 is 27.6 Å². The van der Waals surface area contributed by atoms with Crippen LogP contribution in [0.25, 0.3) is 0 Å². The highest BCUT2D eigenvalue weighted by Gasteiger charge is 2.27. The number of sulfonamides is 1. The van der Waals surface area contributed by atoms with Gasteiger partial charge in [0.1, 0.15) is 17.1 Å². The van der Waals surface area contributed by atoms with E-state index in [2.05, 4.69) is 14.9 Å². The van der Waals surface area contributed by atoms with Gasteiger partial charge in [-0.3, -0.25) is 4.72 Å². The van der Waals surface area contributed by atoms with Gasteiger partial charge in [0.2, 0.25) is 0 Å². The van der Waals surface area contributed by atoms with Crippen molar-refractivity contribution in [2.45, 2.75) is 45.1 Å². The van der Waals surface area contributed by atoms with Gasteiger partial charge in [0, 0.05) is 26.2 Å². The molecule has 3 heterocycles. The van der Waals surface area contributed by atoms with E-state index in [1.165, 1.54) is 6.20 Å². The van der Waals surface area contributed by atoms with Crippen molar-refractivity contribution in [3.8, 4) is 0 Å². The van der Waals surface area contributed by atoms with Crippen LogP contribution in [-0.2, 0) is 14.8 Å². The lowest BCUT2D eigenvalue weighted by atomic mass is 10.2. The molecule has 2 aromatic heterocycles. The smallest absolute Gasteiger partial charge is 0.410 e. The van der Waals surface area contributed by atoms with E-state index in [1.807, 2.05) is 25.7 Å². The maximum Gasteiger partial charge on any atom is 0.410 e. The first-order valence-corrected chi connectivity index (χ1v) is 11.1. The summed E-state index contributed by atoms with van der Waals surface area (Å²) in [5.74, 6) is 0.937. The van der Waals surface area contributed by atoms with Gasteiger partial charge in [0.05, 0.1) is 11.9 Å². The van der Waals surface area contributed by atoms with Crippen molar-refractivity contribution in [1.82, 2.24) is 15.0 Å². The number of hydrogen-bond acceptors (Lipinski definition) is 8. The summed E-state index contributed by atoms with van der Waals surface area (Å²) in [6.07, 6.45) is 1.14. The van der Waals surface area contributed by atoms with Gasteiger partial charge < -0.3 is 19.1 Å². The molecule has 1 aliphatic heterocycles. The molecule has 1 fully saturated rings. The van der Waals surface area contributed by atoms with E-state index in [0.717, 1.165) is 0 Å². The SMILES string of the molecule is Cc1noc(C)c1S(=O)(=O)Nc1ccc(N2CCN(C(=O)OC(C)(C)C)CC2)nc1. The molecule has 10 nitrogen and oxygen atoms in total. The number of carbonyl (C=O) groups is 1. The lowest BCUT2D eigenvalue weighted by Crippen LogP contribution is -2.50. The van der Waals surface area contributed by atoms with Gasteiger partial charge in [-0.25, -0.2) is 18.2 Å². The predicted octanol–water partition coefficient (Wildman–Crippen LogP) is 2.54. The highest BCUT2D eigenvalue weighted by atomic mass is 32.2. The van der Waals surface area contributed by atoms with Crippen LogP contribution in [-0.4, -0.2) is 61.3 Å². The molecule has 1 saturated heterocycles. The molecule has 0 radical (unpaired) electrons. The first-order chi connectivity index (χ1) is 14.0. The second-order valence-corrected chi connectivity index (χ2v) is 9.74. The molecule has 0 bridgehead atoms. The maximum absolute atomic E-state index is 12.6. The quantitative estimate of drug-likeness (QED) is 0.775. The standard InChI is InChI=1S/C19H27N5O5S/c1-13-17(14(2)29-21-13)30(26,27)22-15-6-7-16(20-12-15)23-8-10-24(11-9-23)18(25)28-19(3,4)5/h6-7,12,22H,8-11H2,1-5H3. The molecule has 2 aromatic rings. The van der Waals surface area contributed by atoms with Crippen molar-refractivity contribution in [1.29, 1.82) is 0 Å². The summed E-state index contributed by atoms with van der Waals surface area (Å²) in [7, 11) is -3.82. The van der Waals surface area contributed by atoms with E-state index in [4.69, 9.17) is 9.26 Å². The van der Waals surface area contributed by atoms with Crippen molar-refractivity contribution in [3.05, 3.63) is 29.8 Å². The van der Waals surface area contributed by atoms with Crippen molar-refractivity contribution in [3.63, 3.8) is 0 Å². The summed E-state index contributed by atoms with van der Waals surface area (Å²) in [5, 5.41) is 3.68. The largest absolute Gasteiger partial charge is 0.444 e. The summed E-state index contributed by atoms with van der Waals surface area (Å²) in [5.41, 5.74) is 0.112. The number of anilines is 2. The molecule has 1 amide bonds. The third-order valence-corrected chi connectivity index (χ3v) is 6.12. The summed E-state index contributed by atoms with van der Waals surface area (Å²) in [6, 6.07) is 3.40. The summed E-state index contributed by atoms with van der Waals surface area (Å²) >= 11 is 0. The van der Waals surface area contributed by atoms with Crippen molar-refractivity contribution < 1.29 is 22.5 Å². The van der Waals surface area contributed by atoms with Gasteiger partial charge in [-0.15, -0.1) is 0 Å². The molecular weight excluding hydrogens is 410 g/mol. The van der Waals surface area contributed by atoms with E-state index in [9.17, 15) is 13.2 Å². The number of amides is 1. The van der Waals surface area contributed by atoms with Crippen LogP contribution >= 0.6 is 0 Å². The second-order valence-electron chi connectivity index (χ2n) is 8.12. The zero-order chi connectivity index (χ0) is 22.1. The monoisotopic (exact) mass is 437 g/mol. The van der Waals surface area contributed by atoms with E-state index >= 15 is 0 Å². The number of rotatable bonds is 4. The zero-order valence-electron chi connectivity index (χ0n) is 17.8. The molecule has 11 heteroatoms. The number of nitrogens with zero attached hydrogens (tertiary/aromatic N) is 4. The first kappa shape index (κ1) is 21.9. The third-order valence-electron chi connectivity index (χ3n) is 4.49. The Hall–Kier alpha value is -2.82. The lowest BCUT2D eigenvalue weighted by Gasteiger charge is -2.36. The number of carbonyl (C=O) groups excluding carboxylic acids is 1. The van der Waals surface area contributed by atoms with Crippen molar-refractivity contribution in [2.75, 3.05) is 35.8 Å². The molecule has 0 aromatic carbocycles. The molecule has 164 valence electrons. The van der Waals surface area contributed by atoms with Gasteiger partial charge in [-0.1, -0.05) is 5.16 Å². The fraction of sp³-hybridized carbons (Fsp3) is 0.526. The summed E-state index contributed by atoms with van der Waals surface area (Å²) < 4.78 is 38.0. The van der Waals surface area contributed by atoms with Crippen LogP contribution in [0.5, 0.6) is 0 Å². The number of ether oxygens (including phenoxy) is 1. The highest BCUT2D eigenvalue weighted by Crippen LogP contribution is 2.23. The van der Waals surface area contributed by atoms with Crippen LogP contribution in [0.2, 0.25) is 0 Å². The van der Waals surface area contributed by atoms with Crippen LogP contribution in [0.3, 0.4) is 0 Å². The minimum atomic E-state index is -3.82.